The Bertz CT molecular complexity index is 1420. The molecule has 4 heterocycles. The molecule has 0 unspecified atom stereocenters. The summed E-state index contributed by atoms with van der Waals surface area (Å²) in [6.07, 6.45) is 5.44. The Labute approximate surface area is 218 Å². The molecule has 1 saturated heterocycles. The lowest BCUT2D eigenvalue weighted by Gasteiger charge is -2.22. The number of pyridine rings is 1. The van der Waals surface area contributed by atoms with Gasteiger partial charge in [-0.15, -0.1) is 5.10 Å². The molecule has 0 saturated carbocycles. The number of nitrogens with two attached hydrogens (primary N) is 1. The summed E-state index contributed by atoms with van der Waals surface area (Å²) in [7, 11) is 0. The Morgan fingerprint density at radius 1 is 0.974 bits per heavy atom. The molecular formula is C25H27N11O2. The van der Waals surface area contributed by atoms with E-state index in [2.05, 4.69) is 40.6 Å². The number of nitrogen functional groups attached to an aromatic ring is 1. The van der Waals surface area contributed by atoms with Crippen LogP contribution in [-0.2, 0) is 4.79 Å². The Balaban J connectivity index is 1.25. The number of hydrogen-bond acceptors (Lipinski definition) is 10. The minimum absolute atomic E-state index is 0.0785. The molecule has 0 aliphatic carbocycles. The number of rotatable bonds is 6. The number of nitrogens with zero attached hydrogens (tertiary/aromatic N) is 8. The smallest absolute Gasteiger partial charge is 0.257 e. The number of nitrogens with one attached hydrogen (secondary N) is 2. The van der Waals surface area contributed by atoms with Gasteiger partial charge in [0.2, 0.25) is 17.8 Å². The minimum Gasteiger partial charge on any atom is -0.368 e. The molecule has 5 rings (SSSR count). The summed E-state index contributed by atoms with van der Waals surface area (Å²) in [4.78, 5) is 45.0. The molecule has 4 N–H and O–H groups in total. The average molecular weight is 514 g/mol. The van der Waals surface area contributed by atoms with Gasteiger partial charge in [0, 0.05) is 62.9 Å². The molecule has 0 bridgehead atoms. The van der Waals surface area contributed by atoms with Crippen molar-refractivity contribution in [1.82, 2.24) is 34.6 Å². The lowest BCUT2D eigenvalue weighted by molar-refractivity contribution is -0.128. The van der Waals surface area contributed by atoms with Crippen molar-refractivity contribution in [3.8, 4) is 5.82 Å². The van der Waals surface area contributed by atoms with Crippen LogP contribution < -0.4 is 21.3 Å². The topological polar surface area (TPSA) is 160 Å². The van der Waals surface area contributed by atoms with Crippen molar-refractivity contribution in [1.29, 1.82) is 0 Å². The molecule has 2 amide bonds. The first kappa shape index (κ1) is 24.6. The average Bonchev–Trinajstić information content (AvgIpc) is 3.12. The second-order valence-electron chi connectivity index (χ2n) is 8.68. The quantitative estimate of drug-likeness (QED) is 0.348. The predicted molar refractivity (Wildman–Crippen MR) is 142 cm³/mol. The highest BCUT2D eigenvalue weighted by atomic mass is 16.2. The van der Waals surface area contributed by atoms with Gasteiger partial charge in [-0.25, -0.2) is 9.97 Å². The fraction of sp³-hybridized carbons (Fsp3) is 0.240. The van der Waals surface area contributed by atoms with E-state index in [0.29, 0.717) is 41.8 Å². The van der Waals surface area contributed by atoms with E-state index in [1.165, 1.54) is 17.2 Å². The fourth-order valence-electron chi connectivity index (χ4n) is 4.10. The monoisotopic (exact) mass is 513 g/mol. The second kappa shape index (κ2) is 10.9. The molecule has 1 fully saturated rings. The fourth-order valence-corrected chi connectivity index (χ4v) is 4.10. The number of hydrogen-bond donors (Lipinski definition) is 3. The third kappa shape index (κ3) is 5.67. The number of carbonyl (C=O) groups is 2. The van der Waals surface area contributed by atoms with Crippen LogP contribution in [0.4, 0.5) is 29.1 Å². The SMILES string of the molecule is CC(=O)N1CCCN(c2cc(-n3nc(Nc4ccc(NC(=O)c5cccnc5)cc4)nc3N)ncn2)CC1. The Morgan fingerprint density at radius 2 is 1.76 bits per heavy atom. The number of anilines is 5. The first-order valence-electron chi connectivity index (χ1n) is 12.1. The van der Waals surface area contributed by atoms with Crippen LogP contribution in [0, 0.1) is 0 Å². The third-order valence-corrected chi connectivity index (χ3v) is 6.08. The Hall–Kier alpha value is -5.07. The summed E-state index contributed by atoms with van der Waals surface area (Å²) in [6, 6.07) is 12.3. The van der Waals surface area contributed by atoms with Crippen LogP contribution in [-0.4, -0.2) is 72.6 Å². The van der Waals surface area contributed by atoms with E-state index in [4.69, 9.17) is 5.73 Å². The summed E-state index contributed by atoms with van der Waals surface area (Å²) >= 11 is 0. The first-order chi connectivity index (χ1) is 18.5. The van der Waals surface area contributed by atoms with Crippen molar-refractivity contribution < 1.29 is 9.59 Å². The van der Waals surface area contributed by atoms with Gasteiger partial charge in [0.05, 0.1) is 5.56 Å². The first-order valence-corrected chi connectivity index (χ1v) is 12.1. The van der Waals surface area contributed by atoms with Crippen molar-refractivity contribution in [2.75, 3.05) is 47.4 Å². The number of benzene rings is 1. The lowest BCUT2D eigenvalue weighted by Crippen LogP contribution is -2.33. The van der Waals surface area contributed by atoms with E-state index < -0.39 is 0 Å². The van der Waals surface area contributed by atoms with Crippen molar-refractivity contribution in [3.63, 3.8) is 0 Å². The highest BCUT2D eigenvalue weighted by Crippen LogP contribution is 2.21. The molecule has 1 aromatic carbocycles. The Morgan fingerprint density at radius 3 is 2.53 bits per heavy atom. The molecule has 1 aliphatic heterocycles. The molecule has 13 nitrogen and oxygen atoms in total. The lowest BCUT2D eigenvalue weighted by atomic mass is 10.2. The van der Waals surface area contributed by atoms with Crippen molar-refractivity contribution in [3.05, 3.63) is 66.7 Å². The van der Waals surface area contributed by atoms with Gasteiger partial charge in [-0.3, -0.25) is 14.6 Å². The van der Waals surface area contributed by atoms with Gasteiger partial charge in [0.1, 0.15) is 12.1 Å². The zero-order chi connectivity index (χ0) is 26.5. The Kier molecular flexibility index (Phi) is 7.06. The standard InChI is InChI=1S/C25H27N11O2/c1-17(37)34-10-3-11-35(13-12-34)21-14-22(29-16-28-21)36-24(26)32-25(33-36)31-20-7-5-19(6-8-20)30-23(38)18-4-2-9-27-15-18/h2,4-9,14-16H,3,10-13H2,1H3,(H,30,38)(H3,26,31,32,33). The van der Waals surface area contributed by atoms with Gasteiger partial charge in [0.25, 0.3) is 5.91 Å². The zero-order valence-electron chi connectivity index (χ0n) is 20.8. The van der Waals surface area contributed by atoms with E-state index in [-0.39, 0.29) is 17.8 Å². The maximum absolute atomic E-state index is 12.3. The number of aromatic nitrogens is 6. The van der Waals surface area contributed by atoms with E-state index in [1.807, 2.05) is 4.90 Å². The van der Waals surface area contributed by atoms with Gasteiger partial charge in [-0.1, -0.05) is 0 Å². The van der Waals surface area contributed by atoms with Crippen LogP contribution in [0.15, 0.2) is 61.2 Å². The molecule has 38 heavy (non-hydrogen) atoms. The summed E-state index contributed by atoms with van der Waals surface area (Å²) < 4.78 is 1.44. The van der Waals surface area contributed by atoms with Gasteiger partial charge < -0.3 is 26.2 Å². The van der Waals surface area contributed by atoms with Gasteiger partial charge in [0.15, 0.2) is 5.82 Å². The minimum atomic E-state index is -0.243. The maximum atomic E-state index is 12.3. The van der Waals surface area contributed by atoms with Crippen LogP contribution >= 0.6 is 0 Å². The molecule has 4 aromatic rings. The highest BCUT2D eigenvalue weighted by molar-refractivity contribution is 6.04. The van der Waals surface area contributed by atoms with Crippen LogP contribution in [0.3, 0.4) is 0 Å². The molecule has 0 radical (unpaired) electrons. The summed E-state index contributed by atoms with van der Waals surface area (Å²) in [5.41, 5.74) is 7.97. The van der Waals surface area contributed by atoms with Crippen LogP contribution in [0.2, 0.25) is 0 Å². The van der Waals surface area contributed by atoms with Gasteiger partial charge in [-0.2, -0.15) is 9.67 Å². The van der Waals surface area contributed by atoms with E-state index >= 15 is 0 Å². The number of carbonyl (C=O) groups excluding carboxylic acids is 2. The van der Waals surface area contributed by atoms with Crippen LogP contribution in [0.1, 0.15) is 23.7 Å². The summed E-state index contributed by atoms with van der Waals surface area (Å²) in [6.45, 7) is 4.41. The maximum Gasteiger partial charge on any atom is 0.257 e. The van der Waals surface area contributed by atoms with Crippen LogP contribution in [0.25, 0.3) is 5.82 Å². The van der Waals surface area contributed by atoms with Crippen molar-refractivity contribution in [2.24, 2.45) is 0 Å². The van der Waals surface area contributed by atoms with Gasteiger partial charge in [-0.05, 0) is 42.8 Å². The third-order valence-electron chi connectivity index (χ3n) is 6.08. The zero-order valence-corrected chi connectivity index (χ0v) is 20.8. The predicted octanol–water partition coefficient (Wildman–Crippen LogP) is 2.09. The van der Waals surface area contributed by atoms with E-state index in [9.17, 15) is 9.59 Å². The van der Waals surface area contributed by atoms with Crippen molar-refractivity contribution >= 4 is 40.9 Å². The number of amides is 2. The summed E-state index contributed by atoms with van der Waals surface area (Å²) in [5, 5.41) is 10.4. The molecule has 0 spiro atoms. The van der Waals surface area contributed by atoms with E-state index in [1.54, 1.807) is 55.6 Å². The molecule has 194 valence electrons. The largest absolute Gasteiger partial charge is 0.368 e. The molecular weight excluding hydrogens is 486 g/mol. The van der Waals surface area contributed by atoms with Gasteiger partial charge >= 0.3 is 0 Å². The molecule has 13 heteroatoms. The molecule has 3 aromatic heterocycles. The van der Waals surface area contributed by atoms with E-state index in [0.717, 1.165) is 25.3 Å². The summed E-state index contributed by atoms with van der Waals surface area (Å²) in [5.74, 6) is 1.50. The normalized spacial score (nSPS) is 13.6. The van der Waals surface area contributed by atoms with Crippen LogP contribution in [0.5, 0.6) is 0 Å². The molecule has 1 aliphatic rings. The van der Waals surface area contributed by atoms with Crippen molar-refractivity contribution in [2.45, 2.75) is 13.3 Å². The highest BCUT2D eigenvalue weighted by Gasteiger charge is 2.19. The molecule has 0 atom stereocenters. The second-order valence-corrected chi connectivity index (χ2v) is 8.68.